The molecule has 1 N–H and O–H groups in total. The van der Waals surface area contributed by atoms with Crippen LogP contribution in [0, 0.1) is 0 Å². The maximum Gasteiger partial charge on any atom is 0.433 e. The molecule has 3 rings (SSSR count). The van der Waals surface area contributed by atoms with Gasteiger partial charge in [0.15, 0.2) is 6.29 Å². The number of hydrogen-bond donors (Lipinski definition) is 1. The van der Waals surface area contributed by atoms with Gasteiger partial charge in [-0.3, -0.25) is 14.3 Å². The molecule has 0 atom stereocenters. The van der Waals surface area contributed by atoms with Crippen LogP contribution in [0.25, 0.3) is 10.9 Å². The van der Waals surface area contributed by atoms with Crippen LogP contribution in [0.2, 0.25) is 0 Å². The lowest BCUT2D eigenvalue weighted by Gasteiger charge is -2.09. The summed E-state index contributed by atoms with van der Waals surface area (Å²) >= 11 is 0. The molecule has 0 saturated carbocycles. The molecule has 0 spiro atoms. The second-order valence-corrected chi connectivity index (χ2v) is 5.86. The zero-order valence-corrected chi connectivity index (χ0v) is 14.7. The van der Waals surface area contributed by atoms with Crippen molar-refractivity contribution in [2.75, 3.05) is 19.0 Å². The molecular weight excluding hydrogens is 377 g/mol. The van der Waals surface area contributed by atoms with Crippen molar-refractivity contribution in [3.05, 3.63) is 53.5 Å². The van der Waals surface area contributed by atoms with Crippen molar-refractivity contribution in [3.63, 3.8) is 0 Å². The number of amides is 1. The lowest BCUT2D eigenvalue weighted by molar-refractivity contribution is -0.141. The van der Waals surface area contributed by atoms with Gasteiger partial charge in [-0.15, -0.1) is 0 Å². The van der Waals surface area contributed by atoms with E-state index in [1.165, 1.54) is 12.1 Å². The average Bonchev–Trinajstić information content (AvgIpc) is 3.06. The van der Waals surface area contributed by atoms with Gasteiger partial charge in [-0.25, -0.2) is 4.98 Å². The first-order chi connectivity index (χ1) is 13.3. The average molecular weight is 392 g/mol. The van der Waals surface area contributed by atoms with Crippen LogP contribution < -0.4 is 5.32 Å². The van der Waals surface area contributed by atoms with Crippen molar-refractivity contribution in [2.24, 2.45) is 0 Å². The number of pyridine rings is 1. The van der Waals surface area contributed by atoms with E-state index in [1.54, 1.807) is 18.0 Å². The van der Waals surface area contributed by atoms with Gasteiger partial charge in [0.2, 0.25) is 0 Å². The first-order valence-electron chi connectivity index (χ1n) is 8.13. The number of methoxy groups -OCH3 is 1. The minimum absolute atomic E-state index is 0.143. The Morgan fingerprint density at radius 3 is 2.79 bits per heavy atom. The molecule has 0 bridgehead atoms. The molecule has 1 amide bonds. The predicted octanol–water partition coefficient (Wildman–Crippen LogP) is 3.16. The summed E-state index contributed by atoms with van der Waals surface area (Å²) in [6, 6.07) is 6.04. The third-order valence-corrected chi connectivity index (χ3v) is 3.89. The molecule has 10 heteroatoms. The number of benzene rings is 1. The van der Waals surface area contributed by atoms with Crippen LogP contribution >= 0.6 is 0 Å². The Hall–Kier alpha value is -3.27. The van der Waals surface area contributed by atoms with E-state index in [0.717, 1.165) is 18.2 Å². The number of carbonyl (C=O) groups excluding carboxylic acids is 2. The van der Waals surface area contributed by atoms with Gasteiger partial charge in [0.25, 0.3) is 5.91 Å². The van der Waals surface area contributed by atoms with Crippen LogP contribution in [-0.2, 0) is 17.5 Å². The van der Waals surface area contributed by atoms with Gasteiger partial charge in [-0.2, -0.15) is 18.3 Å². The van der Waals surface area contributed by atoms with Gasteiger partial charge in [-0.05, 0) is 24.3 Å². The first-order valence-corrected chi connectivity index (χ1v) is 8.13. The molecule has 0 unspecified atom stereocenters. The molecule has 0 aliphatic carbocycles. The molecule has 0 saturated heterocycles. The number of carbonyl (C=O) groups is 2. The topological polar surface area (TPSA) is 86.1 Å². The summed E-state index contributed by atoms with van der Waals surface area (Å²) in [6.07, 6.45) is -2.43. The molecule has 2 aromatic heterocycles. The highest BCUT2D eigenvalue weighted by Gasteiger charge is 2.33. The zero-order valence-electron chi connectivity index (χ0n) is 14.7. The lowest BCUT2D eigenvalue weighted by atomic mass is 10.1. The van der Waals surface area contributed by atoms with Crippen molar-refractivity contribution in [3.8, 4) is 0 Å². The van der Waals surface area contributed by atoms with Gasteiger partial charge in [0.05, 0.1) is 24.4 Å². The molecule has 0 radical (unpaired) electrons. The van der Waals surface area contributed by atoms with Crippen LogP contribution in [0.5, 0.6) is 0 Å². The summed E-state index contributed by atoms with van der Waals surface area (Å²) in [5.74, 6) is -0.861. The molecule has 1 aromatic carbocycles. The van der Waals surface area contributed by atoms with E-state index < -0.39 is 23.5 Å². The largest absolute Gasteiger partial charge is 0.433 e. The van der Waals surface area contributed by atoms with Crippen LogP contribution in [0.15, 0.2) is 36.5 Å². The third kappa shape index (κ3) is 4.17. The molecule has 0 aliphatic rings. The van der Waals surface area contributed by atoms with Crippen molar-refractivity contribution < 1.29 is 27.5 Å². The maximum atomic E-state index is 12.8. The van der Waals surface area contributed by atoms with Crippen molar-refractivity contribution in [2.45, 2.75) is 12.7 Å². The zero-order chi connectivity index (χ0) is 20.3. The fourth-order valence-electron chi connectivity index (χ4n) is 2.55. The van der Waals surface area contributed by atoms with E-state index in [4.69, 9.17) is 4.74 Å². The van der Waals surface area contributed by atoms with E-state index in [-0.39, 0.29) is 11.3 Å². The Bertz CT molecular complexity index is 1030. The Kier molecular flexibility index (Phi) is 5.41. The summed E-state index contributed by atoms with van der Waals surface area (Å²) in [5, 5.41) is 7.39. The van der Waals surface area contributed by atoms with Gasteiger partial charge in [-0.1, -0.05) is 6.07 Å². The van der Waals surface area contributed by atoms with Crippen LogP contribution in [0.1, 0.15) is 26.5 Å². The van der Waals surface area contributed by atoms with Crippen molar-refractivity contribution in [1.82, 2.24) is 14.8 Å². The summed E-state index contributed by atoms with van der Waals surface area (Å²) in [6.45, 7) is 0.941. The minimum Gasteiger partial charge on any atom is -0.383 e. The van der Waals surface area contributed by atoms with Gasteiger partial charge in [0, 0.05) is 24.3 Å². The number of nitrogens with one attached hydrogen (secondary N) is 1. The van der Waals surface area contributed by atoms with Crippen LogP contribution in [-0.4, -0.2) is 40.7 Å². The van der Waals surface area contributed by atoms with Crippen molar-refractivity contribution >= 4 is 28.8 Å². The second-order valence-electron chi connectivity index (χ2n) is 5.86. The van der Waals surface area contributed by atoms with E-state index in [1.807, 2.05) is 0 Å². The van der Waals surface area contributed by atoms with Gasteiger partial charge >= 0.3 is 6.18 Å². The standard InChI is InChI=1S/C18H15F3N4O3/c1-28-6-5-25-9-11-7-14(12(10-26)8-15(11)24-25)23-17(27)13-3-2-4-16(22-13)18(19,20)21/h2-4,7-10H,5-6H2,1H3,(H,23,27). The van der Waals surface area contributed by atoms with Crippen LogP contribution in [0.3, 0.4) is 0 Å². The summed E-state index contributed by atoms with van der Waals surface area (Å²) in [4.78, 5) is 27.1. The first kappa shape index (κ1) is 19.5. The number of aromatic nitrogens is 3. The molecule has 0 aliphatic heterocycles. The summed E-state index contributed by atoms with van der Waals surface area (Å²) in [7, 11) is 1.56. The predicted molar refractivity (Wildman–Crippen MR) is 94.2 cm³/mol. The number of nitrogens with zero attached hydrogens (tertiary/aromatic N) is 3. The fourth-order valence-corrected chi connectivity index (χ4v) is 2.55. The van der Waals surface area contributed by atoms with E-state index in [2.05, 4.69) is 15.4 Å². The van der Waals surface area contributed by atoms with E-state index >= 15 is 0 Å². The molecular formula is C18H15F3N4O3. The molecule has 0 fully saturated rings. The number of rotatable bonds is 6. The minimum atomic E-state index is -4.67. The van der Waals surface area contributed by atoms with Crippen LogP contribution in [0.4, 0.5) is 18.9 Å². The maximum absolute atomic E-state index is 12.8. The highest BCUT2D eigenvalue weighted by atomic mass is 19.4. The molecule has 2 heterocycles. The fraction of sp³-hybridized carbons (Fsp3) is 0.222. The van der Waals surface area contributed by atoms with Gasteiger partial charge in [0.1, 0.15) is 11.4 Å². The Morgan fingerprint density at radius 1 is 1.32 bits per heavy atom. The number of aldehydes is 1. The lowest BCUT2D eigenvalue weighted by Crippen LogP contribution is -2.17. The number of hydrogen-bond acceptors (Lipinski definition) is 5. The second kappa shape index (κ2) is 7.77. The number of fused-ring (bicyclic) bond motifs is 1. The highest BCUT2D eigenvalue weighted by molar-refractivity contribution is 6.07. The van der Waals surface area contributed by atoms with E-state index in [0.29, 0.717) is 30.3 Å². The molecule has 146 valence electrons. The number of anilines is 1. The SMILES string of the molecule is COCCn1cc2cc(NC(=O)c3cccc(C(F)(F)F)n3)c(C=O)cc2n1. The molecule has 7 nitrogen and oxygen atoms in total. The third-order valence-electron chi connectivity index (χ3n) is 3.89. The van der Waals surface area contributed by atoms with Crippen molar-refractivity contribution in [1.29, 1.82) is 0 Å². The number of ether oxygens (including phenoxy) is 1. The summed E-state index contributed by atoms with van der Waals surface area (Å²) in [5.41, 5.74) is -0.760. The number of alkyl halides is 3. The number of halogens is 3. The monoisotopic (exact) mass is 392 g/mol. The molecule has 3 aromatic rings. The highest BCUT2D eigenvalue weighted by Crippen LogP contribution is 2.28. The Morgan fingerprint density at radius 2 is 2.11 bits per heavy atom. The summed E-state index contributed by atoms with van der Waals surface area (Å²) < 4.78 is 45.0. The van der Waals surface area contributed by atoms with E-state index in [9.17, 15) is 22.8 Å². The molecule has 28 heavy (non-hydrogen) atoms. The van der Waals surface area contributed by atoms with Gasteiger partial charge < -0.3 is 10.1 Å². The smallest absolute Gasteiger partial charge is 0.383 e. The normalized spacial score (nSPS) is 11.6. The Labute approximate surface area is 157 Å². The Balaban J connectivity index is 1.90. The quantitative estimate of drug-likeness (QED) is 0.652.